The maximum Gasteiger partial charge on any atom is 0.258 e. The predicted molar refractivity (Wildman–Crippen MR) is 89.3 cm³/mol. The van der Waals surface area contributed by atoms with Crippen molar-refractivity contribution in [1.82, 2.24) is 5.32 Å². The van der Waals surface area contributed by atoms with Gasteiger partial charge in [-0.05, 0) is 38.1 Å². The number of hydrogen-bond acceptors (Lipinski definition) is 5. The van der Waals surface area contributed by atoms with Crippen molar-refractivity contribution < 1.29 is 22.7 Å². The monoisotopic (exact) mass is 344 g/mol. The van der Waals surface area contributed by atoms with Crippen LogP contribution in [-0.4, -0.2) is 53.5 Å². The van der Waals surface area contributed by atoms with Crippen molar-refractivity contribution in [1.29, 1.82) is 0 Å². The molecule has 1 rings (SSSR count). The van der Waals surface area contributed by atoms with Crippen LogP contribution in [0, 0.1) is 0 Å². The van der Waals surface area contributed by atoms with Crippen LogP contribution < -0.4 is 14.4 Å². The molecule has 1 amide bonds. The first-order chi connectivity index (χ1) is 10.8. The first kappa shape index (κ1) is 19.2. The summed E-state index contributed by atoms with van der Waals surface area (Å²) in [6.07, 6.45) is 1.16. The number of carbonyl (C=O) groups excluding carboxylic acids is 1. The zero-order valence-electron chi connectivity index (χ0n) is 13.9. The van der Waals surface area contributed by atoms with E-state index in [0.717, 1.165) is 6.26 Å². The third-order valence-corrected chi connectivity index (χ3v) is 4.28. The van der Waals surface area contributed by atoms with Crippen LogP contribution >= 0.6 is 0 Å². The van der Waals surface area contributed by atoms with Gasteiger partial charge in [-0.2, -0.15) is 0 Å². The Morgan fingerprint density at radius 1 is 1.30 bits per heavy atom. The number of anilines is 1. The van der Waals surface area contributed by atoms with Crippen LogP contribution in [0.3, 0.4) is 0 Å². The van der Waals surface area contributed by atoms with Gasteiger partial charge in [0.2, 0.25) is 10.0 Å². The zero-order chi connectivity index (χ0) is 17.5. The summed E-state index contributed by atoms with van der Waals surface area (Å²) >= 11 is 0. The molecule has 0 heterocycles. The van der Waals surface area contributed by atoms with E-state index in [2.05, 4.69) is 5.32 Å². The van der Waals surface area contributed by atoms with Crippen molar-refractivity contribution in [3.63, 3.8) is 0 Å². The number of ether oxygens (including phenoxy) is 2. The molecule has 7 nitrogen and oxygen atoms in total. The quantitative estimate of drug-likeness (QED) is 0.722. The SMILES string of the molecule is CCN(c1ccc(OCC(=O)N[C@@H](C)COC)cc1)S(C)(=O)=O. The van der Waals surface area contributed by atoms with E-state index in [0.29, 0.717) is 24.6 Å². The van der Waals surface area contributed by atoms with Gasteiger partial charge in [0.15, 0.2) is 6.61 Å². The molecule has 23 heavy (non-hydrogen) atoms. The van der Waals surface area contributed by atoms with Crippen LogP contribution in [0.2, 0.25) is 0 Å². The molecule has 0 aliphatic rings. The van der Waals surface area contributed by atoms with Gasteiger partial charge in [-0.25, -0.2) is 8.42 Å². The molecule has 0 radical (unpaired) electrons. The highest BCUT2D eigenvalue weighted by atomic mass is 32.2. The van der Waals surface area contributed by atoms with Crippen LogP contribution in [0.5, 0.6) is 5.75 Å². The smallest absolute Gasteiger partial charge is 0.258 e. The highest BCUT2D eigenvalue weighted by Crippen LogP contribution is 2.21. The number of carbonyl (C=O) groups is 1. The van der Waals surface area contributed by atoms with Gasteiger partial charge >= 0.3 is 0 Å². The van der Waals surface area contributed by atoms with Crippen molar-refractivity contribution in [2.75, 3.05) is 37.4 Å². The third kappa shape index (κ3) is 6.45. The average molecular weight is 344 g/mol. The average Bonchev–Trinajstić information content (AvgIpc) is 2.46. The van der Waals surface area contributed by atoms with Gasteiger partial charge in [0.25, 0.3) is 5.91 Å². The summed E-state index contributed by atoms with van der Waals surface area (Å²) in [5.41, 5.74) is 0.556. The summed E-state index contributed by atoms with van der Waals surface area (Å²) in [5.74, 6) is 0.248. The molecule has 1 N–H and O–H groups in total. The summed E-state index contributed by atoms with van der Waals surface area (Å²) in [6.45, 7) is 4.26. The fourth-order valence-electron chi connectivity index (χ4n) is 2.07. The summed E-state index contributed by atoms with van der Waals surface area (Å²) in [7, 11) is -1.74. The number of benzene rings is 1. The summed E-state index contributed by atoms with van der Waals surface area (Å²) < 4.78 is 34.9. The topological polar surface area (TPSA) is 84.9 Å². The van der Waals surface area contributed by atoms with Crippen LogP contribution in [0.1, 0.15) is 13.8 Å². The van der Waals surface area contributed by atoms with Gasteiger partial charge in [-0.1, -0.05) is 0 Å². The fraction of sp³-hybridized carbons (Fsp3) is 0.533. The van der Waals surface area contributed by atoms with Crippen molar-refractivity contribution in [2.24, 2.45) is 0 Å². The first-order valence-electron chi connectivity index (χ1n) is 7.26. The number of nitrogens with one attached hydrogen (secondary N) is 1. The van der Waals surface area contributed by atoms with Crippen LogP contribution in [0.15, 0.2) is 24.3 Å². The Bertz CT molecular complexity index is 601. The van der Waals surface area contributed by atoms with Gasteiger partial charge in [-0.3, -0.25) is 9.10 Å². The van der Waals surface area contributed by atoms with Crippen molar-refractivity contribution in [2.45, 2.75) is 19.9 Å². The van der Waals surface area contributed by atoms with Gasteiger partial charge in [0, 0.05) is 19.7 Å². The zero-order valence-corrected chi connectivity index (χ0v) is 14.7. The Kier molecular flexibility index (Phi) is 7.31. The van der Waals surface area contributed by atoms with Gasteiger partial charge in [0.05, 0.1) is 18.6 Å². The lowest BCUT2D eigenvalue weighted by atomic mass is 10.3. The lowest BCUT2D eigenvalue weighted by molar-refractivity contribution is -0.124. The Labute approximate surface area is 137 Å². The van der Waals surface area contributed by atoms with Crippen molar-refractivity contribution >= 4 is 21.6 Å². The number of sulfonamides is 1. The number of nitrogens with zero attached hydrogens (tertiary/aromatic N) is 1. The normalized spacial score (nSPS) is 12.5. The lowest BCUT2D eigenvalue weighted by Crippen LogP contribution is -2.38. The fourth-order valence-corrected chi connectivity index (χ4v) is 3.05. The molecule has 0 bridgehead atoms. The van der Waals surface area contributed by atoms with Gasteiger partial charge in [0.1, 0.15) is 5.75 Å². The van der Waals surface area contributed by atoms with Crippen molar-refractivity contribution in [3.05, 3.63) is 24.3 Å². The second-order valence-corrected chi connectivity index (χ2v) is 7.04. The van der Waals surface area contributed by atoms with Gasteiger partial charge < -0.3 is 14.8 Å². The van der Waals surface area contributed by atoms with E-state index >= 15 is 0 Å². The van der Waals surface area contributed by atoms with E-state index in [1.165, 1.54) is 4.31 Å². The minimum atomic E-state index is -3.31. The summed E-state index contributed by atoms with van der Waals surface area (Å²) in [4.78, 5) is 11.7. The Morgan fingerprint density at radius 2 is 1.91 bits per heavy atom. The molecule has 0 saturated carbocycles. The lowest BCUT2D eigenvalue weighted by Gasteiger charge is -2.20. The number of rotatable bonds is 9. The van der Waals surface area contributed by atoms with Crippen LogP contribution in [-0.2, 0) is 19.6 Å². The van der Waals surface area contributed by atoms with E-state index in [4.69, 9.17) is 9.47 Å². The molecule has 0 aliphatic heterocycles. The number of hydrogen-bond donors (Lipinski definition) is 1. The second kappa shape index (κ2) is 8.73. The Morgan fingerprint density at radius 3 is 2.39 bits per heavy atom. The molecule has 1 aromatic rings. The van der Waals surface area contributed by atoms with Gasteiger partial charge in [-0.15, -0.1) is 0 Å². The molecular weight excluding hydrogens is 320 g/mol. The van der Waals surface area contributed by atoms with Crippen molar-refractivity contribution in [3.8, 4) is 5.75 Å². The molecule has 1 aromatic carbocycles. The number of amides is 1. The van der Waals surface area contributed by atoms with E-state index < -0.39 is 10.0 Å². The Balaban J connectivity index is 2.59. The molecule has 130 valence electrons. The second-order valence-electron chi connectivity index (χ2n) is 5.13. The first-order valence-corrected chi connectivity index (χ1v) is 9.11. The number of methoxy groups -OCH3 is 1. The van der Waals surface area contributed by atoms with Crippen LogP contribution in [0.25, 0.3) is 0 Å². The standard InChI is InChI=1S/C15H24N2O5S/c1-5-17(23(4,19)20)13-6-8-14(9-7-13)22-11-15(18)16-12(2)10-21-3/h6-9,12H,5,10-11H2,1-4H3,(H,16,18)/t12-/m0/s1. The summed E-state index contributed by atoms with van der Waals surface area (Å²) in [5, 5.41) is 2.73. The molecule has 0 spiro atoms. The Hall–Kier alpha value is -1.80. The largest absolute Gasteiger partial charge is 0.484 e. The maximum atomic E-state index is 11.7. The minimum Gasteiger partial charge on any atom is -0.484 e. The molecule has 0 unspecified atom stereocenters. The predicted octanol–water partition coefficient (Wildman–Crippen LogP) is 1.00. The minimum absolute atomic E-state index is 0.0913. The molecule has 0 saturated heterocycles. The van der Waals surface area contributed by atoms with E-state index in [1.54, 1.807) is 38.3 Å². The van der Waals surface area contributed by atoms with E-state index in [1.807, 2.05) is 6.92 Å². The summed E-state index contributed by atoms with van der Waals surface area (Å²) in [6, 6.07) is 6.46. The third-order valence-electron chi connectivity index (χ3n) is 3.01. The molecule has 8 heteroatoms. The highest BCUT2D eigenvalue weighted by molar-refractivity contribution is 7.92. The molecule has 0 fully saturated rings. The molecule has 0 aliphatic carbocycles. The van der Waals surface area contributed by atoms with Crippen LogP contribution in [0.4, 0.5) is 5.69 Å². The molecule has 0 aromatic heterocycles. The molecular formula is C15H24N2O5S. The highest BCUT2D eigenvalue weighted by Gasteiger charge is 2.15. The van der Waals surface area contributed by atoms with E-state index in [9.17, 15) is 13.2 Å². The maximum absolute atomic E-state index is 11.7. The van der Waals surface area contributed by atoms with E-state index in [-0.39, 0.29) is 18.6 Å². The molecule has 1 atom stereocenters.